The molecule has 1 aliphatic heterocycles. The molecule has 0 radical (unpaired) electrons. The van der Waals surface area contributed by atoms with Crippen molar-refractivity contribution < 1.29 is 13.4 Å². The Morgan fingerprint density at radius 3 is 2.71 bits per heavy atom. The van der Waals surface area contributed by atoms with Crippen molar-refractivity contribution in [1.29, 1.82) is 0 Å². The van der Waals surface area contributed by atoms with Crippen molar-refractivity contribution in [2.45, 2.75) is 31.1 Å². The number of hydrogen-bond donors (Lipinski definition) is 2. The number of carbonyl (C=O) groups excluding carboxylic acids is 1. The summed E-state index contributed by atoms with van der Waals surface area (Å²) in [7, 11) is -2.61. The first-order valence-electron chi connectivity index (χ1n) is 8.30. The van der Waals surface area contributed by atoms with Crippen molar-refractivity contribution in [3.8, 4) is 0 Å². The highest BCUT2D eigenvalue weighted by atomic mass is 35.5. The summed E-state index contributed by atoms with van der Waals surface area (Å²) < 4.78 is 25.5. The maximum absolute atomic E-state index is 13.2. The zero-order chi connectivity index (χ0) is 20.9. The Balaban J connectivity index is 1.96. The molecule has 3 rings (SSSR count). The summed E-state index contributed by atoms with van der Waals surface area (Å²) in [5, 5.41) is 2.84. The van der Waals surface area contributed by atoms with E-state index in [2.05, 4.69) is 21.2 Å². The molecule has 0 aromatic carbocycles. The number of anilines is 1. The highest BCUT2D eigenvalue weighted by Crippen LogP contribution is 2.43. The van der Waals surface area contributed by atoms with Gasteiger partial charge in [0.1, 0.15) is 17.2 Å². The van der Waals surface area contributed by atoms with Crippen LogP contribution in [0, 0.1) is 5.95 Å². The van der Waals surface area contributed by atoms with Crippen LogP contribution < -0.4 is 11.1 Å². The van der Waals surface area contributed by atoms with Gasteiger partial charge in [-0.25, -0.2) is 4.98 Å². The first kappa shape index (κ1) is 20.8. The molecule has 3 N–H and O–H groups in total. The van der Waals surface area contributed by atoms with Gasteiger partial charge in [-0.1, -0.05) is 17.7 Å². The predicted molar refractivity (Wildman–Crippen MR) is 115 cm³/mol. The number of amidine groups is 1. The minimum absolute atomic E-state index is 0.0877. The topological polar surface area (TPSA) is 97.4 Å². The molecule has 1 aliphatic rings. The van der Waals surface area contributed by atoms with Crippen LogP contribution in [0.1, 0.15) is 35.3 Å². The number of aromatic nitrogens is 1. The first-order chi connectivity index (χ1) is 12.9. The van der Waals surface area contributed by atoms with E-state index in [0.717, 1.165) is 11.3 Å². The van der Waals surface area contributed by atoms with E-state index >= 15 is 0 Å². The molecule has 0 fully saturated rings. The van der Waals surface area contributed by atoms with Crippen molar-refractivity contribution in [2.24, 2.45) is 10.7 Å². The van der Waals surface area contributed by atoms with Gasteiger partial charge in [-0.05, 0) is 54.4 Å². The number of nitrogens with zero attached hydrogens (tertiary/aromatic N) is 2. The SMILES string of the molecule is C=S1(=O)C[C@@](C)(c2sc(C(=O)Nc3cccc(F)n3)cc2Cl)N=C(N)C1(C)C. The number of nitrogens with one attached hydrogen (secondary N) is 1. The van der Waals surface area contributed by atoms with Gasteiger partial charge in [0.05, 0.1) is 19.5 Å². The fourth-order valence-corrected chi connectivity index (χ4v) is 6.40. The van der Waals surface area contributed by atoms with Gasteiger partial charge in [-0.15, -0.1) is 11.3 Å². The number of pyridine rings is 1. The largest absolute Gasteiger partial charge is 0.386 e. The molecule has 0 aliphatic carbocycles. The minimum Gasteiger partial charge on any atom is -0.386 e. The highest BCUT2D eigenvalue weighted by molar-refractivity contribution is 8.02. The van der Waals surface area contributed by atoms with Crippen molar-refractivity contribution in [3.05, 3.63) is 45.0 Å². The van der Waals surface area contributed by atoms with Gasteiger partial charge in [-0.2, -0.15) is 4.39 Å². The van der Waals surface area contributed by atoms with Crippen LogP contribution in [0.3, 0.4) is 0 Å². The molecular weight excluding hydrogens is 423 g/mol. The first-order valence-corrected chi connectivity index (χ1v) is 11.4. The third kappa shape index (κ3) is 3.54. The average molecular weight is 443 g/mol. The average Bonchev–Trinajstić information content (AvgIpc) is 2.96. The van der Waals surface area contributed by atoms with Crippen molar-refractivity contribution >= 4 is 55.9 Å². The van der Waals surface area contributed by atoms with E-state index in [4.69, 9.17) is 17.3 Å². The summed E-state index contributed by atoms with van der Waals surface area (Å²) in [5.41, 5.74) is 5.14. The van der Waals surface area contributed by atoms with E-state index < -0.39 is 31.7 Å². The van der Waals surface area contributed by atoms with Gasteiger partial charge < -0.3 is 11.1 Å². The fraction of sp³-hybridized carbons (Fsp3) is 0.333. The van der Waals surface area contributed by atoms with E-state index in [-0.39, 0.29) is 17.4 Å². The van der Waals surface area contributed by atoms with Crippen molar-refractivity contribution in [3.63, 3.8) is 0 Å². The Bertz CT molecular complexity index is 1090. The molecule has 1 amide bonds. The lowest BCUT2D eigenvalue weighted by molar-refractivity contribution is 0.103. The standard InChI is InChI=1S/C18H20ClFN4O2S2/c1-17(2)16(21)24-18(3,9-28(17,4)26)14-10(19)8-11(27-14)15(25)23-13-7-5-6-12(20)22-13/h5-8H,4,9H2,1-3H3,(H2,21,24)(H,22,23,25)/t18-,28?/m0/s1. The summed E-state index contributed by atoms with van der Waals surface area (Å²) in [4.78, 5) is 21.6. The summed E-state index contributed by atoms with van der Waals surface area (Å²) in [5.74, 6) is 3.19. The van der Waals surface area contributed by atoms with E-state index in [0.29, 0.717) is 14.8 Å². The molecular formula is C18H20ClFN4O2S2. The van der Waals surface area contributed by atoms with E-state index in [1.54, 1.807) is 20.8 Å². The van der Waals surface area contributed by atoms with Crippen LogP contribution in [-0.2, 0) is 15.1 Å². The number of carbonyl (C=O) groups is 1. The maximum atomic E-state index is 13.2. The molecule has 1 unspecified atom stereocenters. The molecule has 2 atom stereocenters. The molecule has 2 aromatic heterocycles. The normalized spacial score (nSPS) is 26.5. The van der Waals surface area contributed by atoms with Crippen molar-refractivity contribution in [2.75, 3.05) is 11.1 Å². The van der Waals surface area contributed by atoms with Crippen LogP contribution in [-0.4, -0.2) is 37.3 Å². The molecule has 0 saturated carbocycles. The molecule has 0 spiro atoms. The van der Waals surface area contributed by atoms with Gasteiger partial charge in [0, 0.05) is 5.75 Å². The summed E-state index contributed by atoms with van der Waals surface area (Å²) in [6.45, 7) is 5.27. The number of hydrogen-bond acceptors (Lipinski definition) is 6. The van der Waals surface area contributed by atoms with Gasteiger partial charge >= 0.3 is 0 Å². The fourth-order valence-electron chi connectivity index (χ4n) is 2.88. The number of rotatable bonds is 3. The molecule has 150 valence electrons. The van der Waals surface area contributed by atoms with Gasteiger partial charge in [-0.3, -0.25) is 14.0 Å². The Kier molecular flexibility index (Phi) is 5.06. The molecule has 0 bridgehead atoms. The number of amides is 1. The van der Waals surface area contributed by atoms with E-state index in [9.17, 15) is 13.4 Å². The zero-order valence-corrected chi connectivity index (χ0v) is 18.0. The molecule has 0 saturated heterocycles. The van der Waals surface area contributed by atoms with Crippen LogP contribution in [0.15, 0.2) is 29.3 Å². The second kappa shape index (κ2) is 6.82. The zero-order valence-electron chi connectivity index (χ0n) is 15.6. The van der Waals surface area contributed by atoms with Gasteiger partial charge in [0.2, 0.25) is 5.95 Å². The second-order valence-corrected chi connectivity index (χ2v) is 11.7. The third-order valence-corrected chi connectivity index (χ3v) is 9.68. The predicted octanol–water partition coefficient (Wildman–Crippen LogP) is 3.27. The second-order valence-electron chi connectivity index (χ2n) is 7.32. The Labute approximate surface area is 172 Å². The molecule has 2 aromatic rings. The number of aliphatic imine (C=N–C) groups is 1. The Hall–Kier alpha value is -1.97. The van der Waals surface area contributed by atoms with Crippen molar-refractivity contribution in [1.82, 2.24) is 4.98 Å². The maximum Gasteiger partial charge on any atom is 0.266 e. The van der Waals surface area contributed by atoms with Crippen LogP contribution in [0.2, 0.25) is 5.02 Å². The van der Waals surface area contributed by atoms with E-state index in [1.165, 1.54) is 24.3 Å². The third-order valence-electron chi connectivity index (χ3n) is 4.78. The van der Waals surface area contributed by atoms with Crippen LogP contribution >= 0.6 is 22.9 Å². The quantitative estimate of drug-likeness (QED) is 0.563. The lowest BCUT2D eigenvalue weighted by Gasteiger charge is -2.40. The smallest absolute Gasteiger partial charge is 0.266 e. The minimum atomic E-state index is -2.61. The number of thiophene rings is 1. The lowest BCUT2D eigenvalue weighted by Crippen LogP contribution is -2.54. The molecule has 28 heavy (non-hydrogen) atoms. The molecule has 3 heterocycles. The summed E-state index contributed by atoms with van der Waals surface area (Å²) in [6.07, 6.45) is 0. The Morgan fingerprint density at radius 1 is 1.43 bits per heavy atom. The lowest BCUT2D eigenvalue weighted by atomic mass is 10.0. The highest BCUT2D eigenvalue weighted by Gasteiger charge is 2.46. The molecule has 10 heteroatoms. The monoisotopic (exact) mass is 442 g/mol. The van der Waals surface area contributed by atoms with Crippen LogP contribution in [0.25, 0.3) is 0 Å². The number of nitrogens with two attached hydrogens (primary N) is 1. The van der Waals surface area contributed by atoms with Crippen LogP contribution in [0.4, 0.5) is 10.2 Å². The van der Waals surface area contributed by atoms with Crippen LogP contribution in [0.5, 0.6) is 0 Å². The Morgan fingerprint density at radius 2 is 2.11 bits per heavy atom. The summed E-state index contributed by atoms with van der Waals surface area (Å²) in [6, 6.07) is 5.60. The molecule has 6 nitrogen and oxygen atoms in total. The summed E-state index contributed by atoms with van der Waals surface area (Å²) >= 11 is 7.50. The van der Waals surface area contributed by atoms with Gasteiger partial charge in [0.15, 0.2) is 0 Å². The van der Waals surface area contributed by atoms with E-state index in [1.807, 2.05) is 0 Å². The van der Waals surface area contributed by atoms with Gasteiger partial charge in [0.25, 0.3) is 5.91 Å². The number of halogens is 2.